The Kier molecular flexibility index (Phi) is 10.6. The lowest BCUT2D eigenvalue weighted by molar-refractivity contribution is -0.152. The van der Waals surface area contributed by atoms with Crippen LogP contribution in [0.25, 0.3) is 0 Å². The lowest BCUT2D eigenvalue weighted by Crippen LogP contribution is -2.40. The fourth-order valence-electron chi connectivity index (χ4n) is 3.66. The summed E-state index contributed by atoms with van der Waals surface area (Å²) in [6.45, 7) is 8.69. The highest BCUT2D eigenvalue weighted by Gasteiger charge is 2.30. The normalized spacial score (nSPS) is 11.3. The molecule has 1 atom stereocenters. The van der Waals surface area contributed by atoms with Crippen molar-refractivity contribution in [2.45, 2.75) is 47.1 Å². The molecular formula is C26H36N6O6. The smallest absolute Gasteiger partial charge is 0.423 e. The van der Waals surface area contributed by atoms with Gasteiger partial charge in [0.25, 0.3) is 11.8 Å². The molecule has 12 heteroatoms. The fraction of sp³-hybridized carbons (Fsp3) is 0.423. The number of amides is 3. The molecule has 2 rings (SSSR count). The van der Waals surface area contributed by atoms with Gasteiger partial charge in [0, 0.05) is 31.9 Å². The zero-order valence-corrected chi connectivity index (χ0v) is 22.6. The summed E-state index contributed by atoms with van der Waals surface area (Å²) in [6.07, 6.45) is 1.29. The Hall–Kier alpha value is -4.19. The van der Waals surface area contributed by atoms with Crippen molar-refractivity contribution in [3.8, 4) is 0 Å². The third kappa shape index (κ3) is 6.97. The van der Waals surface area contributed by atoms with Crippen LogP contribution in [0.2, 0.25) is 0 Å². The summed E-state index contributed by atoms with van der Waals surface area (Å²) in [6, 6.07) is 3.83. The maximum atomic E-state index is 13.3. The number of aromatic nitrogens is 1. The summed E-state index contributed by atoms with van der Waals surface area (Å²) in [5.74, 6) is -1.73. The van der Waals surface area contributed by atoms with E-state index in [9.17, 15) is 19.2 Å². The number of nitrogens with two attached hydrogens (primary N) is 1. The van der Waals surface area contributed by atoms with E-state index in [0.29, 0.717) is 29.8 Å². The van der Waals surface area contributed by atoms with Gasteiger partial charge in [0.1, 0.15) is 6.04 Å². The Morgan fingerprint density at radius 3 is 2.39 bits per heavy atom. The summed E-state index contributed by atoms with van der Waals surface area (Å²) in [5, 5.41) is 14.5. The molecule has 0 saturated heterocycles. The van der Waals surface area contributed by atoms with Crippen molar-refractivity contribution >= 4 is 35.4 Å². The molecular weight excluding hydrogens is 492 g/mol. The van der Waals surface area contributed by atoms with Gasteiger partial charge in [-0.15, -0.1) is 0 Å². The number of benzene rings is 1. The van der Waals surface area contributed by atoms with Crippen LogP contribution in [0.5, 0.6) is 0 Å². The van der Waals surface area contributed by atoms with Gasteiger partial charge in [0.05, 0.1) is 16.9 Å². The van der Waals surface area contributed by atoms with Crippen LogP contribution in [0.3, 0.4) is 0 Å². The minimum Gasteiger partial charge on any atom is -0.427 e. The Bertz CT molecular complexity index is 1220. The number of carbonyl (C=O) groups is 4. The van der Waals surface area contributed by atoms with Crippen molar-refractivity contribution in [1.82, 2.24) is 15.2 Å². The number of hydrogen-bond donors (Lipinski definition) is 4. The monoisotopic (exact) mass is 528 g/mol. The molecule has 38 heavy (non-hydrogen) atoms. The number of hydrogen-bond acceptors (Lipinski definition) is 8. The highest BCUT2D eigenvalue weighted by Crippen LogP contribution is 2.27. The number of nitrogens with zero attached hydrogens (tertiary/aromatic N) is 2. The summed E-state index contributed by atoms with van der Waals surface area (Å²) in [5.41, 5.74) is 7.63. The highest BCUT2D eigenvalue weighted by molar-refractivity contribution is 6.21. The number of amidine groups is 1. The molecule has 1 aromatic carbocycles. The van der Waals surface area contributed by atoms with E-state index >= 15 is 0 Å². The van der Waals surface area contributed by atoms with E-state index in [1.807, 2.05) is 6.92 Å². The third-order valence-electron chi connectivity index (χ3n) is 5.65. The van der Waals surface area contributed by atoms with Gasteiger partial charge in [-0.25, -0.2) is 9.69 Å². The zero-order chi connectivity index (χ0) is 28.6. The Balaban J connectivity index is 2.56. The molecule has 5 N–H and O–H groups in total. The second kappa shape index (κ2) is 13.4. The van der Waals surface area contributed by atoms with Gasteiger partial charge < -0.3 is 30.4 Å². The SMILES string of the molecule is CCCNC(=O)c1ccc(C)c(N(C(=N)c2c(C)c(C(=O)NCC)cn2C)C(=O)OCOC(=O)C(C)N)c1. The van der Waals surface area contributed by atoms with Gasteiger partial charge >= 0.3 is 12.1 Å². The average Bonchev–Trinajstić information content (AvgIpc) is 3.17. The van der Waals surface area contributed by atoms with E-state index in [1.54, 1.807) is 50.7 Å². The summed E-state index contributed by atoms with van der Waals surface area (Å²) >= 11 is 0. The van der Waals surface area contributed by atoms with E-state index in [4.69, 9.17) is 20.6 Å². The first-order valence-corrected chi connectivity index (χ1v) is 12.2. The van der Waals surface area contributed by atoms with E-state index in [0.717, 1.165) is 11.3 Å². The van der Waals surface area contributed by atoms with Crippen LogP contribution < -0.4 is 21.3 Å². The van der Waals surface area contributed by atoms with Crippen molar-refractivity contribution in [2.75, 3.05) is 24.8 Å². The van der Waals surface area contributed by atoms with E-state index in [1.165, 1.54) is 13.0 Å². The number of aryl methyl sites for hydroxylation is 2. The number of ether oxygens (including phenoxy) is 2. The standard InChI is InChI=1S/C26H36N6O6/c1-7-11-30-23(33)18-10-9-15(3)20(12-18)32(26(36)38-14-37-25(35)17(5)27)22(28)21-16(4)19(13-31(21)6)24(34)29-8-2/h9-10,12-13,17,28H,7-8,11,14,27H2,1-6H3,(H,29,34)(H,30,33). The summed E-state index contributed by atoms with van der Waals surface area (Å²) in [4.78, 5) is 51.2. The van der Waals surface area contributed by atoms with Crippen molar-refractivity contribution in [1.29, 1.82) is 5.41 Å². The first kappa shape index (κ1) is 30.0. The second-order valence-electron chi connectivity index (χ2n) is 8.71. The third-order valence-corrected chi connectivity index (χ3v) is 5.65. The molecule has 0 spiro atoms. The van der Waals surface area contributed by atoms with E-state index in [2.05, 4.69) is 10.6 Å². The Labute approximate surface area is 222 Å². The Morgan fingerprint density at radius 2 is 1.79 bits per heavy atom. The topological polar surface area (TPSA) is 169 Å². The molecule has 206 valence electrons. The predicted octanol–water partition coefficient (Wildman–Crippen LogP) is 2.35. The van der Waals surface area contributed by atoms with Crippen LogP contribution in [0, 0.1) is 19.3 Å². The van der Waals surface area contributed by atoms with Gasteiger partial charge in [-0.3, -0.25) is 19.8 Å². The Morgan fingerprint density at radius 1 is 1.11 bits per heavy atom. The molecule has 1 unspecified atom stereocenters. The van der Waals surface area contributed by atoms with Crippen LogP contribution in [0.1, 0.15) is 64.7 Å². The lowest BCUT2D eigenvalue weighted by atomic mass is 10.1. The minimum absolute atomic E-state index is 0.211. The molecule has 0 fully saturated rings. The van der Waals surface area contributed by atoms with Gasteiger partial charge in [0.2, 0.25) is 6.79 Å². The average molecular weight is 529 g/mol. The fourth-order valence-corrected chi connectivity index (χ4v) is 3.66. The maximum Gasteiger partial charge on any atom is 0.423 e. The van der Waals surface area contributed by atoms with Crippen LogP contribution in [-0.2, 0) is 21.3 Å². The largest absolute Gasteiger partial charge is 0.427 e. The number of esters is 1. The predicted molar refractivity (Wildman–Crippen MR) is 142 cm³/mol. The van der Waals surface area contributed by atoms with Crippen molar-refractivity contribution in [3.05, 3.63) is 52.3 Å². The van der Waals surface area contributed by atoms with E-state index in [-0.39, 0.29) is 34.6 Å². The number of nitrogens with one attached hydrogen (secondary N) is 3. The number of rotatable bonds is 10. The van der Waals surface area contributed by atoms with Gasteiger partial charge in [-0.2, -0.15) is 0 Å². The molecule has 12 nitrogen and oxygen atoms in total. The van der Waals surface area contributed by atoms with Crippen LogP contribution >= 0.6 is 0 Å². The molecule has 0 bridgehead atoms. The molecule has 0 saturated carbocycles. The second-order valence-corrected chi connectivity index (χ2v) is 8.71. The molecule has 1 aromatic heterocycles. The molecule has 0 aliphatic rings. The maximum absolute atomic E-state index is 13.3. The minimum atomic E-state index is -1.03. The molecule has 0 aliphatic heterocycles. The van der Waals surface area contributed by atoms with Crippen molar-refractivity contribution < 1.29 is 28.7 Å². The van der Waals surface area contributed by atoms with Crippen LogP contribution in [0.4, 0.5) is 10.5 Å². The van der Waals surface area contributed by atoms with Crippen LogP contribution in [0.15, 0.2) is 24.4 Å². The van der Waals surface area contributed by atoms with Gasteiger partial charge in [-0.1, -0.05) is 13.0 Å². The molecule has 0 radical (unpaired) electrons. The molecule has 3 amide bonds. The van der Waals surface area contributed by atoms with Crippen LogP contribution in [-0.4, -0.2) is 60.2 Å². The molecule has 2 aromatic rings. The number of carbonyl (C=O) groups excluding carboxylic acids is 4. The molecule has 1 heterocycles. The zero-order valence-electron chi connectivity index (χ0n) is 22.6. The van der Waals surface area contributed by atoms with Gasteiger partial charge in [0.15, 0.2) is 5.84 Å². The summed E-state index contributed by atoms with van der Waals surface area (Å²) < 4.78 is 11.6. The van der Waals surface area contributed by atoms with Crippen molar-refractivity contribution in [2.24, 2.45) is 12.8 Å². The van der Waals surface area contributed by atoms with Crippen molar-refractivity contribution in [3.63, 3.8) is 0 Å². The summed E-state index contributed by atoms with van der Waals surface area (Å²) in [7, 11) is 1.65. The number of anilines is 1. The first-order chi connectivity index (χ1) is 17.9. The quantitative estimate of drug-likeness (QED) is 0.159. The van der Waals surface area contributed by atoms with Gasteiger partial charge in [-0.05, 0) is 57.4 Å². The lowest BCUT2D eigenvalue weighted by Gasteiger charge is -2.25. The van der Waals surface area contributed by atoms with E-state index < -0.39 is 24.9 Å². The first-order valence-electron chi connectivity index (χ1n) is 12.2. The molecule has 0 aliphatic carbocycles. The highest BCUT2D eigenvalue weighted by atomic mass is 16.7.